The molecule has 0 spiro atoms. The first-order chi connectivity index (χ1) is 22.9. The van der Waals surface area contributed by atoms with Crippen molar-refractivity contribution >= 4 is 11.6 Å². The summed E-state index contributed by atoms with van der Waals surface area (Å²) in [5.41, 5.74) is 6.07. The van der Waals surface area contributed by atoms with Crippen LogP contribution in [0.3, 0.4) is 0 Å². The Morgan fingerprint density at radius 1 is 0.957 bits per heavy atom. The summed E-state index contributed by atoms with van der Waals surface area (Å²) in [6.07, 6.45) is 3.13. The van der Waals surface area contributed by atoms with Gasteiger partial charge in [0.1, 0.15) is 11.9 Å². The second-order valence-electron chi connectivity index (χ2n) is 11.6. The first-order valence-corrected chi connectivity index (χ1v) is 16.9. The smallest absolute Gasteiger partial charge is 0.185 e. The Bertz CT molecular complexity index is 1720. The molecule has 0 aliphatic heterocycles. The van der Waals surface area contributed by atoms with Gasteiger partial charge in [-0.25, -0.2) is 4.98 Å². The van der Waals surface area contributed by atoms with Gasteiger partial charge >= 0.3 is 0 Å². The number of tetrazole rings is 1. The van der Waals surface area contributed by atoms with Crippen molar-refractivity contribution in [3.63, 3.8) is 0 Å². The molecule has 47 heavy (non-hydrogen) atoms. The Morgan fingerprint density at radius 3 is 2.40 bits per heavy atom. The number of ether oxygens (including phenoxy) is 1. The summed E-state index contributed by atoms with van der Waals surface area (Å²) in [4.78, 5) is 11.7. The highest BCUT2D eigenvalue weighted by Gasteiger charge is 2.26. The van der Waals surface area contributed by atoms with Crippen molar-refractivity contribution in [2.75, 3.05) is 19.7 Å². The summed E-state index contributed by atoms with van der Waals surface area (Å²) < 4.78 is 9.61. The van der Waals surface area contributed by atoms with Crippen molar-refractivity contribution in [3.05, 3.63) is 100 Å². The van der Waals surface area contributed by atoms with Crippen molar-refractivity contribution < 1.29 is 9.84 Å². The number of aromatic nitrogens is 7. The third-order valence-electron chi connectivity index (χ3n) is 8.48. The van der Waals surface area contributed by atoms with Crippen molar-refractivity contribution in [1.82, 2.24) is 39.6 Å². The summed E-state index contributed by atoms with van der Waals surface area (Å²) in [6, 6.07) is 20.4. The molecule has 0 amide bonds. The summed E-state index contributed by atoms with van der Waals surface area (Å²) in [5, 5.41) is 24.7. The molecule has 0 radical (unpaired) electrons. The van der Waals surface area contributed by atoms with E-state index >= 15 is 0 Å². The summed E-state index contributed by atoms with van der Waals surface area (Å²) in [6.45, 7) is 14.0. The number of nitrogens with zero attached hydrogens (tertiary/aromatic N) is 8. The highest BCUT2D eigenvalue weighted by atomic mass is 35.5. The van der Waals surface area contributed by atoms with E-state index in [0.29, 0.717) is 30.4 Å². The van der Waals surface area contributed by atoms with Crippen LogP contribution in [0.2, 0.25) is 5.15 Å². The highest BCUT2D eigenvalue weighted by molar-refractivity contribution is 6.30. The van der Waals surface area contributed by atoms with Gasteiger partial charge in [0.05, 0.1) is 11.4 Å². The largest absolute Gasteiger partial charge is 0.380 e. The van der Waals surface area contributed by atoms with Crippen LogP contribution < -0.4 is 0 Å². The third kappa shape index (κ3) is 7.96. The number of benzene rings is 2. The summed E-state index contributed by atoms with van der Waals surface area (Å²) in [7, 11) is 0. The Balaban J connectivity index is 1.55. The van der Waals surface area contributed by atoms with Crippen molar-refractivity contribution in [2.24, 2.45) is 0 Å². The molecule has 2 atom stereocenters. The van der Waals surface area contributed by atoms with Crippen molar-refractivity contribution in [2.45, 2.75) is 79.3 Å². The molecule has 1 N–H and O–H groups in total. The van der Waals surface area contributed by atoms with Crippen LogP contribution in [0.5, 0.6) is 0 Å². The summed E-state index contributed by atoms with van der Waals surface area (Å²) in [5.74, 6) is 1.43. The minimum atomic E-state index is -1.05. The van der Waals surface area contributed by atoms with Gasteiger partial charge in [-0.1, -0.05) is 87.3 Å². The molecule has 0 aliphatic rings. The molecule has 10 nitrogen and oxygen atoms in total. The van der Waals surface area contributed by atoms with Crippen LogP contribution in [-0.2, 0) is 24.2 Å². The minimum Gasteiger partial charge on any atom is -0.380 e. The Hall–Kier alpha value is -3.96. The van der Waals surface area contributed by atoms with Crippen LogP contribution >= 0.6 is 11.6 Å². The number of aliphatic hydroxyl groups is 1. The highest BCUT2D eigenvalue weighted by Crippen LogP contribution is 2.35. The lowest BCUT2D eigenvalue weighted by Gasteiger charge is -2.20. The van der Waals surface area contributed by atoms with E-state index in [4.69, 9.17) is 21.3 Å². The standard InChI is InChI=1S/C36H45ClN8O2/c1-6-10-16-32-39-35(37)33(34(46)31-20-18-27(22-38-31)23-43(7-2)8-3)44(32)24-26-17-19-29(28-14-12-11-13-15-28)30(21-26)36-40-41-42-45(36)25(5)47-9-4/h11-15,17-22,25,34,46H,6-10,16,23-24H2,1-5H3. The van der Waals surface area contributed by atoms with Crippen LogP contribution in [-0.4, -0.2) is 64.4 Å². The molecule has 3 aromatic heterocycles. The summed E-state index contributed by atoms with van der Waals surface area (Å²) >= 11 is 6.81. The first kappa shape index (κ1) is 34.4. The molecule has 0 fully saturated rings. The third-order valence-corrected chi connectivity index (χ3v) is 8.76. The lowest BCUT2D eigenvalue weighted by molar-refractivity contribution is 0.0159. The van der Waals surface area contributed by atoms with Gasteiger partial charge in [-0.2, -0.15) is 4.68 Å². The van der Waals surface area contributed by atoms with Crippen LogP contribution in [0.4, 0.5) is 0 Å². The van der Waals surface area contributed by atoms with Crippen molar-refractivity contribution in [1.29, 1.82) is 0 Å². The maximum atomic E-state index is 11.7. The number of imidazole rings is 1. The molecule has 2 aromatic carbocycles. The fourth-order valence-electron chi connectivity index (χ4n) is 5.84. The lowest BCUT2D eigenvalue weighted by atomic mass is 9.96. The Morgan fingerprint density at radius 2 is 1.72 bits per heavy atom. The molecular weight excluding hydrogens is 612 g/mol. The maximum absolute atomic E-state index is 11.7. The molecule has 3 heterocycles. The zero-order chi connectivity index (χ0) is 33.3. The van der Waals surface area contributed by atoms with E-state index in [2.05, 4.69) is 76.5 Å². The second-order valence-corrected chi connectivity index (χ2v) is 12.0. The number of aryl methyl sites for hydroxylation is 1. The van der Waals surface area contributed by atoms with E-state index in [1.54, 1.807) is 4.68 Å². The van der Waals surface area contributed by atoms with Crippen LogP contribution in [0.25, 0.3) is 22.5 Å². The average molecular weight is 657 g/mol. The second kappa shape index (κ2) is 16.2. The fraction of sp³-hybridized carbons (Fsp3) is 0.417. The number of pyridine rings is 1. The first-order valence-electron chi connectivity index (χ1n) is 16.6. The number of hydrogen-bond donors (Lipinski definition) is 1. The molecular formula is C36H45ClN8O2. The quantitative estimate of drug-likeness (QED) is 0.120. The van der Waals surface area contributed by atoms with Crippen LogP contribution in [0.1, 0.15) is 88.1 Å². The van der Waals surface area contributed by atoms with Gasteiger partial charge in [0.25, 0.3) is 0 Å². The number of hydrogen-bond acceptors (Lipinski definition) is 8. The number of unbranched alkanes of at least 4 members (excludes halogenated alkanes) is 1. The van der Waals surface area contributed by atoms with E-state index in [-0.39, 0.29) is 11.4 Å². The zero-order valence-electron chi connectivity index (χ0n) is 28.0. The van der Waals surface area contributed by atoms with E-state index in [1.165, 1.54) is 0 Å². The van der Waals surface area contributed by atoms with Gasteiger partial charge in [-0.3, -0.25) is 9.88 Å². The molecule has 0 bridgehead atoms. The predicted octanol–water partition coefficient (Wildman–Crippen LogP) is 7.12. The lowest BCUT2D eigenvalue weighted by Crippen LogP contribution is -2.22. The minimum absolute atomic E-state index is 0.285. The van der Waals surface area contributed by atoms with E-state index in [1.807, 2.05) is 54.9 Å². The molecule has 0 saturated carbocycles. The molecule has 5 rings (SSSR count). The van der Waals surface area contributed by atoms with Gasteiger partial charge in [-0.05, 0) is 78.2 Å². The maximum Gasteiger partial charge on any atom is 0.185 e. The molecule has 11 heteroatoms. The number of rotatable bonds is 16. The molecule has 2 unspecified atom stereocenters. The van der Waals surface area contributed by atoms with E-state index in [9.17, 15) is 5.11 Å². The van der Waals surface area contributed by atoms with E-state index in [0.717, 1.165) is 72.5 Å². The Kier molecular flexibility index (Phi) is 11.9. The fourth-order valence-corrected chi connectivity index (χ4v) is 6.14. The molecule has 0 saturated heterocycles. The van der Waals surface area contributed by atoms with Gasteiger partial charge in [-0.15, -0.1) is 5.10 Å². The van der Waals surface area contributed by atoms with Crippen LogP contribution in [0, 0.1) is 0 Å². The molecule has 248 valence electrons. The topological polar surface area (TPSA) is 107 Å². The van der Waals surface area contributed by atoms with Crippen LogP contribution in [0.15, 0.2) is 66.9 Å². The molecule has 0 aliphatic carbocycles. The SMILES string of the molecule is CCCCc1nc(Cl)c(C(O)c2ccc(CN(CC)CC)cn2)n1Cc1ccc(-c2ccccc2)c(-c2nnnn2C(C)OCC)c1. The van der Waals surface area contributed by atoms with Gasteiger partial charge < -0.3 is 14.4 Å². The Labute approximate surface area is 282 Å². The zero-order valence-corrected chi connectivity index (χ0v) is 28.7. The van der Waals surface area contributed by atoms with E-state index < -0.39 is 6.10 Å². The van der Waals surface area contributed by atoms with Crippen molar-refractivity contribution in [3.8, 4) is 22.5 Å². The van der Waals surface area contributed by atoms with Gasteiger partial charge in [0, 0.05) is 37.9 Å². The molecule has 5 aromatic rings. The number of aliphatic hydroxyl groups excluding tert-OH is 1. The van der Waals surface area contributed by atoms with Gasteiger partial charge in [0.2, 0.25) is 0 Å². The number of halogens is 1. The predicted molar refractivity (Wildman–Crippen MR) is 185 cm³/mol. The monoisotopic (exact) mass is 656 g/mol. The average Bonchev–Trinajstić information content (AvgIpc) is 3.71. The van der Waals surface area contributed by atoms with Gasteiger partial charge in [0.15, 0.2) is 17.2 Å². The normalized spacial score (nSPS) is 12.9.